The largest absolute Gasteiger partial charge is 0.390 e. The average Bonchev–Trinajstić information content (AvgIpc) is 3.35. The van der Waals surface area contributed by atoms with Gasteiger partial charge in [-0.25, -0.2) is 8.78 Å². The van der Waals surface area contributed by atoms with Gasteiger partial charge in [0.25, 0.3) is 17.6 Å². The lowest BCUT2D eigenvalue weighted by Crippen LogP contribution is -2.45. The van der Waals surface area contributed by atoms with Crippen molar-refractivity contribution >= 4 is 16.8 Å². The molecule has 0 aliphatic rings. The molecule has 7 nitrogen and oxygen atoms in total. The van der Waals surface area contributed by atoms with Gasteiger partial charge >= 0.3 is 0 Å². The van der Waals surface area contributed by atoms with Crippen LogP contribution in [0.4, 0.5) is 8.78 Å². The van der Waals surface area contributed by atoms with E-state index in [0.717, 1.165) is 0 Å². The van der Waals surface area contributed by atoms with E-state index in [9.17, 15) is 14.3 Å². The minimum Gasteiger partial charge on any atom is -0.390 e. The van der Waals surface area contributed by atoms with E-state index in [1.54, 1.807) is 18.2 Å². The second-order valence-corrected chi connectivity index (χ2v) is 6.09. The fraction of sp³-hybridized carbons (Fsp3) is 0.105. The highest BCUT2D eigenvalue weighted by Gasteiger charge is 2.40. The van der Waals surface area contributed by atoms with Gasteiger partial charge in [-0.1, -0.05) is 23.4 Å². The Bertz CT molecular complexity index is 1140. The molecule has 1 amide bonds. The summed E-state index contributed by atoms with van der Waals surface area (Å²) in [5.74, 6) is -4.51. The van der Waals surface area contributed by atoms with Gasteiger partial charge in [0.2, 0.25) is 5.82 Å². The zero-order chi connectivity index (χ0) is 19.7. The molecule has 1 atom stereocenters. The number of nitrogens with zero attached hydrogens (tertiary/aromatic N) is 2. The number of fused-ring (bicyclic) bond motifs is 1. The zero-order valence-corrected chi connectivity index (χ0v) is 14.3. The van der Waals surface area contributed by atoms with Crippen LogP contribution in [0.2, 0.25) is 0 Å². The van der Waals surface area contributed by atoms with Gasteiger partial charge in [0.15, 0.2) is 0 Å². The number of carbonyl (C=O) groups excluding carboxylic acids is 1. The van der Waals surface area contributed by atoms with E-state index in [1.807, 2.05) is 0 Å². The first-order chi connectivity index (χ1) is 13.5. The first-order valence-corrected chi connectivity index (χ1v) is 8.29. The Balaban J connectivity index is 1.65. The molecule has 142 valence electrons. The smallest absolute Gasteiger partial charge is 0.288 e. The molecular weight excluding hydrogens is 370 g/mol. The number of hydrogen-bond donors (Lipinski definition) is 3. The number of halogens is 2. The molecule has 0 fully saturated rings. The molecule has 2 aromatic heterocycles. The topological polar surface area (TPSA) is 104 Å². The van der Waals surface area contributed by atoms with E-state index in [0.29, 0.717) is 16.5 Å². The minimum atomic E-state index is -2.77. The lowest BCUT2D eigenvalue weighted by molar-refractivity contribution is 0.00786. The quantitative estimate of drug-likeness (QED) is 0.459. The van der Waals surface area contributed by atoms with Gasteiger partial charge in [-0.2, -0.15) is 4.98 Å². The number of amides is 1. The summed E-state index contributed by atoms with van der Waals surface area (Å²) >= 11 is 0. The fourth-order valence-electron chi connectivity index (χ4n) is 2.78. The lowest BCUT2D eigenvalue weighted by atomic mass is 10.1. The van der Waals surface area contributed by atoms with E-state index >= 15 is 4.39 Å². The number of hydrogen-bond acceptors (Lipinski definition) is 5. The number of benzene rings is 2. The van der Waals surface area contributed by atoms with E-state index < -0.39 is 30.0 Å². The Morgan fingerprint density at radius 1 is 1.25 bits per heavy atom. The van der Waals surface area contributed by atoms with E-state index in [1.165, 1.54) is 36.5 Å². The number of nitrogens with one attached hydrogen (secondary N) is 2. The summed E-state index contributed by atoms with van der Waals surface area (Å²) in [6.45, 7) is -1.10. The molecule has 0 spiro atoms. The Morgan fingerprint density at radius 3 is 2.79 bits per heavy atom. The molecule has 2 heterocycles. The SMILES string of the molecule is O=C(N[C@](F)(CO)c1nc(-c2c[nH]c3cc(F)ccc23)no1)c1ccccc1. The summed E-state index contributed by atoms with van der Waals surface area (Å²) < 4.78 is 33.5. The Labute approximate surface area is 157 Å². The van der Waals surface area contributed by atoms with E-state index in [2.05, 4.69) is 20.4 Å². The third-order valence-corrected chi connectivity index (χ3v) is 4.22. The van der Waals surface area contributed by atoms with Crippen molar-refractivity contribution in [3.8, 4) is 11.4 Å². The van der Waals surface area contributed by atoms with Crippen LogP contribution in [0, 0.1) is 5.82 Å². The molecule has 0 saturated heterocycles. The van der Waals surface area contributed by atoms with E-state index in [4.69, 9.17) is 4.52 Å². The highest BCUT2D eigenvalue weighted by molar-refractivity contribution is 5.95. The van der Waals surface area contributed by atoms with Gasteiger partial charge in [-0.3, -0.25) is 4.79 Å². The number of alkyl halides is 1. The first kappa shape index (κ1) is 17.8. The second kappa shape index (κ2) is 6.86. The van der Waals surface area contributed by atoms with Crippen molar-refractivity contribution < 1.29 is 23.2 Å². The van der Waals surface area contributed by atoms with Crippen molar-refractivity contribution in [1.29, 1.82) is 0 Å². The standard InChI is InChI=1S/C19H14F2N4O3/c20-12-6-7-13-14(9-22-15(13)8-12)16-23-18(28-25-16)19(21,10-26)24-17(27)11-4-2-1-3-5-11/h1-9,22,26H,10H2,(H,24,27)/t19-/m1/s1. The maximum atomic E-state index is 15.2. The lowest BCUT2D eigenvalue weighted by Gasteiger charge is -2.20. The van der Waals surface area contributed by atoms with Crippen LogP contribution in [0.5, 0.6) is 0 Å². The molecule has 4 aromatic rings. The molecule has 0 radical (unpaired) electrons. The predicted octanol–water partition coefficient (Wildman–Crippen LogP) is 2.90. The highest BCUT2D eigenvalue weighted by atomic mass is 19.1. The number of rotatable bonds is 5. The Morgan fingerprint density at radius 2 is 2.04 bits per heavy atom. The predicted molar refractivity (Wildman–Crippen MR) is 95.3 cm³/mol. The van der Waals surface area contributed by atoms with Crippen molar-refractivity contribution in [1.82, 2.24) is 20.4 Å². The monoisotopic (exact) mass is 384 g/mol. The highest BCUT2D eigenvalue weighted by Crippen LogP contribution is 2.29. The molecule has 0 aliphatic carbocycles. The van der Waals surface area contributed by atoms with Crippen LogP contribution in [0.3, 0.4) is 0 Å². The van der Waals surface area contributed by atoms with Gasteiger partial charge in [-0.05, 0) is 30.3 Å². The molecule has 2 aromatic carbocycles. The first-order valence-electron chi connectivity index (χ1n) is 8.29. The molecule has 4 rings (SSSR count). The third kappa shape index (κ3) is 3.12. The fourth-order valence-corrected chi connectivity index (χ4v) is 2.78. The van der Waals surface area contributed by atoms with Gasteiger partial charge in [0, 0.05) is 28.2 Å². The van der Waals surface area contributed by atoms with Gasteiger partial charge in [0.1, 0.15) is 12.4 Å². The second-order valence-electron chi connectivity index (χ2n) is 6.09. The zero-order valence-electron chi connectivity index (χ0n) is 14.3. The van der Waals surface area contributed by atoms with Crippen LogP contribution in [0.25, 0.3) is 22.3 Å². The van der Waals surface area contributed by atoms with Crippen LogP contribution in [0.15, 0.2) is 59.3 Å². The third-order valence-electron chi connectivity index (χ3n) is 4.22. The van der Waals surface area contributed by atoms with Crippen LogP contribution in [0.1, 0.15) is 16.2 Å². The van der Waals surface area contributed by atoms with Crippen LogP contribution in [-0.2, 0) is 5.79 Å². The van der Waals surface area contributed by atoms with Crippen LogP contribution < -0.4 is 5.32 Å². The van der Waals surface area contributed by atoms with Crippen molar-refractivity contribution in [2.75, 3.05) is 6.61 Å². The van der Waals surface area contributed by atoms with E-state index in [-0.39, 0.29) is 11.4 Å². The molecule has 3 N–H and O–H groups in total. The molecule has 0 aliphatic heterocycles. The number of aliphatic hydroxyl groups excluding tert-OH is 1. The maximum absolute atomic E-state index is 15.2. The van der Waals surface area contributed by atoms with Gasteiger partial charge < -0.3 is 19.9 Å². The summed E-state index contributed by atoms with van der Waals surface area (Å²) in [6.07, 6.45) is 1.53. The number of carbonyl (C=O) groups is 1. The summed E-state index contributed by atoms with van der Waals surface area (Å²) in [6, 6.07) is 12.0. The van der Waals surface area contributed by atoms with Crippen molar-refractivity contribution in [3.63, 3.8) is 0 Å². The Hall–Kier alpha value is -3.59. The molecule has 0 saturated carbocycles. The Kier molecular flexibility index (Phi) is 4.36. The molecular formula is C19H14F2N4O3. The van der Waals surface area contributed by atoms with Gasteiger partial charge in [0.05, 0.1) is 0 Å². The van der Waals surface area contributed by atoms with Crippen molar-refractivity contribution in [3.05, 3.63) is 72.0 Å². The number of aromatic amines is 1. The van der Waals surface area contributed by atoms with Crippen LogP contribution >= 0.6 is 0 Å². The van der Waals surface area contributed by atoms with Gasteiger partial charge in [-0.15, -0.1) is 0 Å². The van der Waals surface area contributed by atoms with Crippen molar-refractivity contribution in [2.24, 2.45) is 0 Å². The van der Waals surface area contributed by atoms with Crippen molar-refractivity contribution in [2.45, 2.75) is 5.79 Å². The summed E-state index contributed by atoms with van der Waals surface area (Å²) in [4.78, 5) is 19.1. The summed E-state index contributed by atoms with van der Waals surface area (Å²) in [5, 5.41) is 15.9. The summed E-state index contributed by atoms with van der Waals surface area (Å²) in [7, 11) is 0. The number of H-pyrrole nitrogens is 1. The summed E-state index contributed by atoms with van der Waals surface area (Å²) in [5.41, 5.74) is 1.17. The normalized spacial score (nSPS) is 13.4. The molecule has 28 heavy (non-hydrogen) atoms. The maximum Gasteiger partial charge on any atom is 0.288 e. The molecule has 9 heteroatoms. The number of aliphatic hydroxyl groups is 1. The number of aromatic nitrogens is 3. The van der Waals surface area contributed by atoms with Crippen LogP contribution in [-0.4, -0.2) is 32.7 Å². The minimum absolute atomic E-state index is 0.0253. The molecule has 0 bridgehead atoms. The average molecular weight is 384 g/mol. The molecule has 0 unspecified atom stereocenters.